The summed E-state index contributed by atoms with van der Waals surface area (Å²) < 4.78 is 22.5. The second-order valence-corrected chi connectivity index (χ2v) is 6.38. The summed E-state index contributed by atoms with van der Waals surface area (Å²) >= 11 is 6.87. The molecule has 5 nitrogen and oxygen atoms in total. The van der Waals surface area contributed by atoms with E-state index in [4.69, 9.17) is 18.9 Å². The van der Waals surface area contributed by atoms with Gasteiger partial charge in [0.1, 0.15) is 17.0 Å². The molecule has 0 aliphatic carbocycles. The number of benzene rings is 2. The highest BCUT2D eigenvalue weighted by atomic mass is 79.9. The first-order valence-electron chi connectivity index (χ1n) is 7.48. The van der Waals surface area contributed by atoms with Crippen LogP contribution in [0.1, 0.15) is 16.7 Å². The second-order valence-electron chi connectivity index (χ2n) is 5.13. The van der Waals surface area contributed by atoms with E-state index in [9.17, 15) is 5.11 Å². The molecule has 0 unspecified atom stereocenters. The van der Waals surface area contributed by atoms with Crippen molar-refractivity contribution in [3.05, 3.63) is 45.4 Å². The zero-order valence-corrected chi connectivity index (χ0v) is 17.4. The molecular formula is C18H20Br2O5. The quantitative estimate of drug-likeness (QED) is 0.577. The fourth-order valence-electron chi connectivity index (χ4n) is 2.56. The molecule has 0 heterocycles. The molecule has 0 saturated heterocycles. The normalized spacial score (nSPS) is 10.5. The van der Waals surface area contributed by atoms with Crippen molar-refractivity contribution in [3.63, 3.8) is 0 Å². The topological polar surface area (TPSA) is 57.2 Å². The van der Waals surface area contributed by atoms with Crippen molar-refractivity contribution in [3.8, 4) is 23.0 Å². The molecule has 0 aliphatic rings. The first-order valence-corrected chi connectivity index (χ1v) is 9.39. The van der Waals surface area contributed by atoms with Gasteiger partial charge in [0.15, 0.2) is 11.5 Å². The lowest BCUT2D eigenvalue weighted by molar-refractivity contribution is 0.278. The monoisotopic (exact) mass is 474 g/mol. The predicted octanol–water partition coefficient (Wildman–Crippen LogP) is 4.29. The summed E-state index contributed by atoms with van der Waals surface area (Å²) in [5.74, 6) is 2.58. The zero-order valence-electron chi connectivity index (χ0n) is 14.3. The molecule has 0 atom stereocenters. The first kappa shape index (κ1) is 19.9. The van der Waals surface area contributed by atoms with Crippen LogP contribution in [0.25, 0.3) is 0 Å². The van der Waals surface area contributed by atoms with E-state index in [0.29, 0.717) is 34.9 Å². The Bertz CT molecular complexity index is 734. The predicted molar refractivity (Wildman–Crippen MR) is 103 cm³/mol. The molecular weight excluding hydrogens is 456 g/mol. The van der Waals surface area contributed by atoms with Gasteiger partial charge in [0.05, 0.1) is 32.4 Å². The van der Waals surface area contributed by atoms with Crippen LogP contribution in [0, 0.1) is 0 Å². The van der Waals surface area contributed by atoms with E-state index < -0.39 is 0 Å². The summed E-state index contributed by atoms with van der Waals surface area (Å²) in [6, 6.07) is 7.45. The van der Waals surface area contributed by atoms with E-state index >= 15 is 0 Å². The Hall–Kier alpha value is -1.44. The van der Waals surface area contributed by atoms with Crippen LogP contribution in [0.5, 0.6) is 23.0 Å². The summed E-state index contributed by atoms with van der Waals surface area (Å²) in [7, 11) is 4.76. The fraction of sp³-hybridized carbons (Fsp3) is 0.333. The maximum absolute atomic E-state index is 9.78. The lowest BCUT2D eigenvalue weighted by atomic mass is 9.98. The number of rotatable bonds is 8. The summed E-state index contributed by atoms with van der Waals surface area (Å²) in [4.78, 5) is 0. The number of aliphatic hydroxyl groups is 1. The molecule has 0 aliphatic heterocycles. The van der Waals surface area contributed by atoms with E-state index in [1.165, 1.54) is 0 Å². The molecule has 1 N–H and O–H groups in total. The number of ether oxygens (including phenoxy) is 4. The van der Waals surface area contributed by atoms with Crippen molar-refractivity contribution >= 4 is 31.9 Å². The standard InChI is InChI=1S/C18H20Br2O5/c1-22-13-5-4-11(15(8-13)25-10-19)6-14-12(9-21)7-16(23-2)18(24-3)17(14)20/h4-5,7-8,21H,6,9-10H2,1-3H3. The molecule has 0 radical (unpaired) electrons. The van der Waals surface area contributed by atoms with Gasteiger partial charge in [-0.1, -0.05) is 6.07 Å². The molecule has 7 heteroatoms. The van der Waals surface area contributed by atoms with Crippen LogP contribution < -0.4 is 18.9 Å². The zero-order chi connectivity index (χ0) is 18.4. The van der Waals surface area contributed by atoms with Crippen LogP contribution in [0.2, 0.25) is 0 Å². The van der Waals surface area contributed by atoms with Gasteiger partial charge in [0, 0.05) is 12.5 Å². The molecule has 0 aromatic heterocycles. The summed E-state index contributed by atoms with van der Waals surface area (Å²) in [6.07, 6.45) is 0.545. The SMILES string of the molecule is COc1ccc(Cc2c(CO)cc(OC)c(OC)c2Br)c(OCBr)c1. The maximum atomic E-state index is 9.78. The maximum Gasteiger partial charge on any atom is 0.175 e. The van der Waals surface area contributed by atoms with Crippen molar-refractivity contribution < 1.29 is 24.1 Å². The van der Waals surface area contributed by atoms with Gasteiger partial charge in [-0.05, 0) is 60.7 Å². The molecule has 2 aromatic rings. The van der Waals surface area contributed by atoms with Gasteiger partial charge in [-0.15, -0.1) is 0 Å². The van der Waals surface area contributed by atoms with Crippen molar-refractivity contribution in [2.24, 2.45) is 0 Å². The highest BCUT2D eigenvalue weighted by molar-refractivity contribution is 9.10. The van der Waals surface area contributed by atoms with Crippen LogP contribution in [0.3, 0.4) is 0 Å². The third-order valence-electron chi connectivity index (χ3n) is 3.83. The van der Waals surface area contributed by atoms with Gasteiger partial charge in [0.25, 0.3) is 0 Å². The van der Waals surface area contributed by atoms with Crippen molar-refractivity contribution in [2.75, 3.05) is 26.8 Å². The van der Waals surface area contributed by atoms with Gasteiger partial charge in [-0.2, -0.15) is 0 Å². The van der Waals surface area contributed by atoms with Gasteiger partial charge in [-0.3, -0.25) is 0 Å². The molecule has 0 spiro atoms. The third-order valence-corrected chi connectivity index (χ3v) is 4.89. The van der Waals surface area contributed by atoms with Crippen LogP contribution in [0.15, 0.2) is 28.7 Å². The fourth-order valence-corrected chi connectivity index (χ4v) is 3.56. The van der Waals surface area contributed by atoms with Crippen molar-refractivity contribution in [1.29, 1.82) is 0 Å². The van der Waals surface area contributed by atoms with Crippen LogP contribution >= 0.6 is 31.9 Å². The number of hydrogen-bond donors (Lipinski definition) is 1. The molecule has 0 bridgehead atoms. The summed E-state index contributed by atoms with van der Waals surface area (Å²) in [6.45, 7) is -0.112. The van der Waals surface area contributed by atoms with Crippen molar-refractivity contribution in [1.82, 2.24) is 0 Å². The van der Waals surface area contributed by atoms with Gasteiger partial charge in [0.2, 0.25) is 0 Å². The van der Waals surface area contributed by atoms with Gasteiger partial charge in [-0.25, -0.2) is 0 Å². The molecule has 25 heavy (non-hydrogen) atoms. The Morgan fingerprint density at radius 2 is 1.72 bits per heavy atom. The molecule has 0 amide bonds. The highest BCUT2D eigenvalue weighted by Gasteiger charge is 2.19. The number of methoxy groups -OCH3 is 3. The van der Waals surface area contributed by atoms with Gasteiger partial charge >= 0.3 is 0 Å². The number of hydrogen-bond acceptors (Lipinski definition) is 5. The molecule has 2 aromatic carbocycles. The lowest BCUT2D eigenvalue weighted by Crippen LogP contribution is -2.04. The minimum absolute atomic E-state index is 0.112. The Morgan fingerprint density at radius 3 is 2.28 bits per heavy atom. The summed E-state index contributed by atoms with van der Waals surface area (Å²) in [5, 5.41) is 9.78. The van der Waals surface area contributed by atoms with Crippen molar-refractivity contribution in [2.45, 2.75) is 13.0 Å². The highest BCUT2D eigenvalue weighted by Crippen LogP contribution is 2.41. The second kappa shape index (κ2) is 9.31. The average Bonchev–Trinajstić information content (AvgIpc) is 2.64. The summed E-state index contributed by atoms with van der Waals surface area (Å²) in [5.41, 5.74) is 2.99. The number of halogens is 2. The minimum atomic E-state index is -0.112. The number of aliphatic hydroxyl groups excluding tert-OH is 1. The minimum Gasteiger partial charge on any atom is -0.497 e. The largest absolute Gasteiger partial charge is 0.497 e. The van der Waals surface area contributed by atoms with Crippen LogP contribution in [0.4, 0.5) is 0 Å². The van der Waals surface area contributed by atoms with E-state index in [-0.39, 0.29) is 6.61 Å². The Morgan fingerprint density at radius 1 is 0.960 bits per heavy atom. The average molecular weight is 476 g/mol. The van der Waals surface area contributed by atoms with Crippen LogP contribution in [-0.2, 0) is 13.0 Å². The molecule has 2 rings (SSSR count). The molecule has 0 saturated carbocycles. The smallest absolute Gasteiger partial charge is 0.175 e. The Balaban J connectivity index is 2.53. The van der Waals surface area contributed by atoms with Crippen LogP contribution in [-0.4, -0.2) is 32.0 Å². The Kier molecular flexibility index (Phi) is 7.40. The van der Waals surface area contributed by atoms with E-state index in [0.717, 1.165) is 21.2 Å². The lowest BCUT2D eigenvalue weighted by Gasteiger charge is -2.18. The molecule has 136 valence electrons. The van der Waals surface area contributed by atoms with Gasteiger partial charge < -0.3 is 24.1 Å². The third kappa shape index (κ3) is 4.40. The molecule has 0 fully saturated rings. The number of alkyl halides is 1. The first-order chi connectivity index (χ1) is 12.1. The van der Waals surface area contributed by atoms with E-state index in [1.807, 2.05) is 18.2 Å². The van der Waals surface area contributed by atoms with E-state index in [1.54, 1.807) is 27.4 Å². The Labute approximate surface area is 164 Å². The van der Waals surface area contributed by atoms with E-state index in [2.05, 4.69) is 31.9 Å².